The molecule has 0 aromatic heterocycles. The zero-order valence-electron chi connectivity index (χ0n) is 6.37. The molecule has 0 unspecified atom stereocenters. The van der Waals surface area contributed by atoms with Crippen LogP contribution in [0.25, 0.3) is 0 Å². The van der Waals surface area contributed by atoms with Gasteiger partial charge in [0, 0.05) is 14.2 Å². The van der Waals surface area contributed by atoms with E-state index in [1.165, 1.54) is 14.2 Å². The quantitative estimate of drug-likeness (QED) is 0.616. The molecule has 0 aromatic carbocycles. The molecule has 0 saturated heterocycles. The lowest BCUT2D eigenvalue weighted by molar-refractivity contribution is 0.275. The van der Waals surface area contributed by atoms with Crippen molar-refractivity contribution < 1.29 is 13.6 Å². The third-order valence-corrected chi connectivity index (χ3v) is 3.17. The van der Waals surface area contributed by atoms with Gasteiger partial charge in [0.1, 0.15) is 0 Å². The fourth-order valence-corrected chi connectivity index (χ4v) is 1.63. The molecule has 0 bridgehead atoms. The second-order valence-corrected chi connectivity index (χ2v) is 4.24. The predicted octanol–water partition coefficient (Wildman–Crippen LogP) is 0.821. The van der Waals surface area contributed by atoms with Crippen LogP contribution in [0, 0.1) is 0 Å². The smallest absolute Gasteiger partial charge is 0.330 e. The van der Waals surface area contributed by atoms with E-state index in [-0.39, 0.29) is 0 Å². The maximum atomic E-state index is 11.2. The first-order valence-electron chi connectivity index (χ1n) is 3.09. The summed E-state index contributed by atoms with van der Waals surface area (Å²) in [6, 6.07) is 0. The summed E-state index contributed by atoms with van der Waals surface area (Å²) in [6.07, 6.45) is 1.06. The van der Waals surface area contributed by atoms with Gasteiger partial charge in [0.05, 0.1) is 6.16 Å². The molecule has 0 atom stereocenters. The zero-order valence-corrected chi connectivity index (χ0v) is 7.27. The molecule has 0 rings (SSSR count). The van der Waals surface area contributed by atoms with Crippen molar-refractivity contribution in [1.82, 2.24) is 0 Å². The van der Waals surface area contributed by atoms with Gasteiger partial charge in [-0.05, 0) is 13.0 Å². The molecule has 0 heterocycles. The molecule has 0 aliphatic rings. The van der Waals surface area contributed by atoms with Gasteiger partial charge < -0.3 is 14.8 Å². The maximum Gasteiger partial charge on any atom is 0.330 e. The molecule has 0 radical (unpaired) electrons. The minimum absolute atomic E-state index is 0.399. The Hall–Kier alpha value is 0.110. The van der Waals surface area contributed by atoms with Crippen molar-refractivity contribution in [2.75, 3.05) is 26.9 Å². The van der Waals surface area contributed by atoms with Crippen LogP contribution >= 0.6 is 7.60 Å². The Morgan fingerprint density at radius 3 is 2.20 bits per heavy atom. The van der Waals surface area contributed by atoms with Gasteiger partial charge in [0.25, 0.3) is 0 Å². The van der Waals surface area contributed by atoms with Crippen LogP contribution in [0.1, 0.15) is 6.42 Å². The van der Waals surface area contributed by atoms with Crippen LogP contribution in [0.2, 0.25) is 0 Å². The number of nitrogens with two attached hydrogens (primary N) is 1. The lowest BCUT2D eigenvalue weighted by atomic mass is 10.5. The van der Waals surface area contributed by atoms with Gasteiger partial charge in [0.2, 0.25) is 0 Å². The summed E-state index contributed by atoms with van der Waals surface area (Å²) in [4.78, 5) is 0. The van der Waals surface area contributed by atoms with E-state index in [1.54, 1.807) is 0 Å². The molecule has 0 aliphatic heterocycles. The van der Waals surface area contributed by atoms with Gasteiger partial charge in [-0.1, -0.05) is 0 Å². The second kappa shape index (κ2) is 4.85. The van der Waals surface area contributed by atoms with Crippen molar-refractivity contribution in [2.24, 2.45) is 5.73 Å². The van der Waals surface area contributed by atoms with Gasteiger partial charge in [-0.25, -0.2) is 0 Å². The first-order chi connectivity index (χ1) is 4.68. The SMILES string of the molecule is COP(=O)(CCCN)OC. The van der Waals surface area contributed by atoms with Gasteiger partial charge >= 0.3 is 7.60 Å². The van der Waals surface area contributed by atoms with Crippen molar-refractivity contribution in [3.63, 3.8) is 0 Å². The summed E-state index contributed by atoms with van der Waals surface area (Å²) in [5.41, 5.74) is 5.21. The summed E-state index contributed by atoms with van der Waals surface area (Å²) in [5, 5.41) is 0. The maximum absolute atomic E-state index is 11.2. The molecule has 0 spiro atoms. The molecule has 4 nitrogen and oxygen atoms in total. The van der Waals surface area contributed by atoms with E-state index in [0.29, 0.717) is 19.1 Å². The van der Waals surface area contributed by atoms with E-state index in [1.807, 2.05) is 0 Å². The van der Waals surface area contributed by atoms with E-state index in [4.69, 9.17) is 5.73 Å². The van der Waals surface area contributed by atoms with Crippen LogP contribution in [0.3, 0.4) is 0 Å². The Balaban J connectivity index is 3.70. The highest BCUT2D eigenvalue weighted by molar-refractivity contribution is 7.53. The number of rotatable bonds is 5. The summed E-state index contributed by atoms with van der Waals surface area (Å²) >= 11 is 0. The van der Waals surface area contributed by atoms with Crippen molar-refractivity contribution in [2.45, 2.75) is 6.42 Å². The number of hydrogen-bond donors (Lipinski definition) is 1. The summed E-state index contributed by atoms with van der Waals surface area (Å²) in [6.45, 7) is 0.511. The highest BCUT2D eigenvalue weighted by Crippen LogP contribution is 2.46. The first kappa shape index (κ1) is 10.1. The van der Waals surface area contributed by atoms with E-state index in [0.717, 1.165) is 0 Å². The fraction of sp³-hybridized carbons (Fsp3) is 1.00. The number of hydrogen-bond acceptors (Lipinski definition) is 4. The molecule has 0 fully saturated rings. The second-order valence-electron chi connectivity index (χ2n) is 1.84. The molecular weight excluding hydrogens is 153 g/mol. The Morgan fingerprint density at radius 2 is 1.90 bits per heavy atom. The van der Waals surface area contributed by atoms with Crippen LogP contribution < -0.4 is 5.73 Å². The Bertz CT molecular complexity index is 120. The Morgan fingerprint density at radius 1 is 1.40 bits per heavy atom. The van der Waals surface area contributed by atoms with E-state index in [9.17, 15) is 4.57 Å². The van der Waals surface area contributed by atoms with Crippen LogP contribution in [-0.4, -0.2) is 26.9 Å². The molecule has 2 N–H and O–H groups in total. The molecule has 0 aliphatic carbocycles. The molecule has 5 heteroatoms. The van der Waals surface area contributed by atoms with E-state index >= 15 is 0 Å². The van der Waals surface area contributed by atoms with Crippen LogP contribution in [0.5, 0.6) is 0 Å². The molecule has 62 valence electrons. The fourth-order valence-electron chi connectivity index (χ4n) is 0.542. The molecule has 0 aromatic rings. The van der Waals surface area contributed by atoms with E-state index in [2.05, 4.69) is 9.05 Å². The largest absolute Gasteiger partial charge is 0.330 e. The Labute approximate surface area is 61.2 Å². The van der Waals surface area contributed by atoms with Crippen LogP contribution in [0.15, 0.2) is 0 Å². The topological polar surface area (TPSA) is 61.5 Å². The predicted molar refractivity (Wildman–Crippen MR) is 40.2 cm³/mol. The van der Waals surface area contributed by atoms with Crippen LogP contribution in [0.4, 0.5) is 0 Å². The lowest BCUT2D eigenvalue weighted by Crippen LogP contribution is -2.03. The van der Waals surface area contributed by atoms with Crippen molar-refractivity contribution in [3.8, 4) is 0 Å². The zero-order chi connectivity index (χ0) is 8.04. The minimum atomic E-state index is -2.78. The average molecular weight is 167 g/mol. The summed E-state index contributed by atoms with van der Waals surface area (Å²) in [7, 11) is -0.0261. The minimum Gasteiger partial charge on any atom is -0.330 e. The van der Waals surface area contributed by atoms with Crippen molar-refractivity contribution >= 4 is 7.60 Å². The molecule has 0 amide bonds. The van der Waals surface area contributed by atoms with Gasteiger partial charge in [-0.15, -0.1) is 0 Å². The van der Waals surface area contributed by atoms with Crippen molar-refractivity contribution in [3.05, 3.63) is 0 Å². The van der Waals surface area contributed by atoms with Gasteiger partial charge in [0.15, 0.2) is 0 Å². The monoisotopic (exact) mass is 167 g/mol. The molecule has 10 heavy (non-hydrogen) atoms. The standard InChI is InChI=1S/C5H14NO3P/c1-8-10(7,9-2)5-3-4-6/h3-6H2,1-2H3. The molecule has 0 saturated carbocycles. The normalized spacial score (nSPS) is 11.9. The third-order valence-electron chi connectivity index (χ3n) is 1.19. The van der Waals surface area contributed by atoms with Crippen molar-refractivity contribution in [1.29, 1.82) is 0 Å². The van der Waals surface area contributed by atoms with Gasteiger partial charge in [-0.3, -0.25) is 4.57 Å². The highest BCUT2D eigenvalue weighted by atomic mass is 31.2. The first-order valence-corrected chi connectivity index (χ1v) is 4.82. The Kier molecular flexibility index (Phi) is 4.91. The average Bonchev–Trinajstić information content (AvgIpc) is 2.00. The summed E-state index contributed by atoms with van der Waals surface area (Å²) in [5.74, 6) is 0. The highest BCUT2D eigenvalue weighted by Gasteiger charge is 2.18. The third kappa shape index (κ3) is 3.32. The lowest BCUT2D eigenvalue weighted by Gasteiger charge is -2.11. The van der Waals surface area contributed by atoms with Crippen LogP contribution in [-0.2, 0) is 13.6 Å². The van der Waals surface area contributed by atoms with E-state index < -0.39 is 7.60 Å². The van der Waals surface area contributed by atoms with Gasteiger partial charge in [-0.2, -0.15) is 0 Å². The molecular formula is C5H14NO3P. The summed E-state index contributed by atoms with van der Waals surface area (Å²) < 4.78 is 20.5.